The van der Waals surface area contributed by atoms with Crippen molar-refractivity contribution in [1.29, 1.82) is 0 Å². The quantitative estimate of drug-likeness (QED) is 0.764. The number of hydrogen-bond acceptors (Lipinski definition) is 2. The number of para-hydroxylation sites is 1. The van der Waals surface area contributed by atoms with Gasteiger partial charge in [0.1, 0.15) is 5.82 Å². The summed E-state index contributed by atoms with van der Waals surface area (Å²) in [4.78, 5) is 4.48. The molecule has 1 aromatic heterocycles. The van der Waals surface area contributed by atoms with Crippen molar-refractivity contribution in [3.63, 3.8) is 0 Å². The molecule has 0 aliphatic rings. The highest BCUT2D eigenvalue weighted by Gasteiger charge is 1.98. The monoisotopic (exact) mass is 202 g/mol. The third kappa shape index (κ3) is 2.46. The topological polar surface area (TPSA) is 24.9 Å². The zero-order valence-electron chi connectivity index (χ0n) is 9.83. The normalized spacial score (nSPS) is 9.33. The Morgan fingerprint density at radius 3 is 2.47 bits per heavy atom. The lowest BCUT2D eigenvalue weighted by Gasteiger charge is -2.03. The van der Waals surface area contributed by atoms with Crippen molar-refractivity contribution < 1.29 is 0 Å². The predicted molar refractivity (Wildman–Crippen MR) is 67.4 cm³/mol. The van der Waals surface area contributed by atoms with Gasteiger partial charge in [0.2, 0.25) is 0 Å². The van der Waals surface area contributed by atoms with Crippen LogP contribution in [0.25, 0.3) is 10.9 Å². The minimum absolute atomic E-state index is 0.918. The Morgan fingerprint density at radius 1 is 1.07 bits per heavy atom. The number of benzene rings is 1. The second-order valence-corrected chi connectivity index (χ2v) is 3.09. The largest absolute Gasteiger partial charge is 0.373 e. The predicted octanol–water partition coefficient (Wildman–Crippen LogP) is 3.61. The van der Waals surface area contributed by atoms with Gasteiger partial charge in [-0.15, -0.1) is 0 Å². The van der Waals surface area contributed by atoms with E-state index >= 15 is 0 Å². The summed E-state index contributed by atoms with van der Waals surface area (Å²) in [6, 6.07) is 10.3. The maximum absolute atomic E-state index is 4.48. The Kier molecular flexibility index (Phi) is 4.10. The van der Waals surface area contributed by atoms with Gasteiger partial charge >= 0.3 is 0 Å². The molecule has 0 saturated carbocycles. The molecule has 0 bridgehead atoms. The zero-order chi connectivity index (χ0) is 11.3. The van der Waals surface area contributed by atoms with Gasteiger partial charge in [0, 0.05) is 12.4 Å². The number of aryl methyl sites for hydroxylation is 1. The van der Waals surface area contributed by atoms with E-state index in [1.54, 1.807) is 0 Å². The van der Waals surface area contributed by atoms with Gasteiger partial charge in [-0.3, -0.25) is 0 Å². The highest BCUT2D eigenvalue weighted by Crippen LogP contribution is 2.17. The van der Waals surface area contributed by atoms with Crippen LogP contribution in [0, 0.1) is 6.92 Å². The fraction of sp³-hybridized carbons (Fsp3) is 0.308. The maximum Gasteiger partial charge on any atom is 0.126 e. The average Bonchev–Trinajstić information content (AvgIpc) is 2.32. The number of fused-ring (bicyclic) bond motifs is 1. The molecule has 80 valence electrons. The molecule has 0 unspecified atom stereocenters. The van der Waals surface area contributed by atoms with Crippen LogP contribution in [0.3, 0.4) is 0 Å². The Hall–Kier alpha value is -1.57. The molecule has 0 saturated heterocycles. The van der Waals surface area contributed by atoms with E-state index in [1.807, 2.05) is 27.0 Å². The molecule has 2 heteroatoms. The summed E-state index contributed by atoms with van der Waals surface area (Å²) in [7, 11) is 1.88. The average molecular weight is 202 g/mol. The second-order valence-electron chi connectivity index (χ2n) is 3.09. The lowest BCUT2D eigenvalue weighted by molar-refractivity contribution is 1.32. The smallest absolute Gasteiger partial charge is 0.126 e. The standard InChI is InChI=1S/C11H12N2.C2H6/c1-8-4-3-5-9-6-7-10(12-2)13-11(8)9;1-2/h3-7H,1-2H3,(H,12,13);1-2H3. The van der Waals surface area contributed by atoms with Crippen LogP contribution < -0.4 is 5.32 Å². The van der Waals surface area contributed by atoms with Crippen molar-refractivity contribution in [2.45, 2.75) is 20.8 Å². The highest BCUT2D eigenvalue weighted by atomic mass is 15.0. The minimum atomic E-state index is 0.918. The number of hydrogen-bond donors (Lipinski definition) is 1. The van der Waals surface area contributed by atoms with Crippen LogP contribution in [0.15, 0.2) is 30.3 Å². The SMILES string of the molecule is CC.CNc1ccc2cccc(C)c2n1. The number of nitrogens with zero attached hydrogens (tertiary/aromatic N) is 1. The molecule has 1 aromatic carbocycles. The van der Waals surface area contributed by atoms with E-state index in [0.29, 0.717) is 0 Å². The first-order valence-corrected chi connectivity index (χ1v) is 5.35. The Balaban J connectivity index is 0.000000531. The number of aromatic nitrogens is 1. The van der Waals surface area contributed by atoms with Gasteiger partial charge in [-0.2, -0.15) is 0 Å². The van der Waals surface area contributed by atoms with Crippen LogP contribution in [-0.4, -0.2) is 12.0 Å². The third-order valence-electron chi connectivity index (χ3n) is 2.18. The molecular weight excluding hydrogens is 184 g/mol. The van der Waals surface area contributed by atoms with Crippen molar-refractivity contribution in [3.05, 3.63) is 35.9 Å². The first-order chi connectivity index (χ1) is 7.31. The molecule has 0 amide bonds. The van der Waals surface area contributed by atoms with Crippen molar-refractivity contribution in [2.24, 2.45) is 0 Å². The lowest BCUT2D eigenvalue weighted by atomic mass is 10.1. The lowest BCUT2D eigenvalue weighted by Crippen LogP contribution is -1.92. The van der Waals surface area contributed by atoms with Gasteiger partial charge in [0.15, 0.2) is 0 Å². The highest BCUT2D eigenvalue weighted by molar-refractivity contribution is 5.83. The summed E-state index contributed by atoms with van der Waals surface area (Å²) in [6.45, 7) is 6.08. The van der Waals surface area contributed by atoms with Gasteiger partial charge in [-0.1, -0.05) is 32.0 Å². The van der Waals surface area contributed by atoms with Gasteiger partial charge in [-0.25, -0.2) is 4.98 Å². The Labute approximate surface area is 91.3 Å². The molecule has 2 aromatic rings. The van der Waals surface area contributed by atoms with E-state index in [2.05, 4.69) is 41.5 Å². The van der Waals surface area contributed by atoms with Crippen LogP contribution in [0.1, 0.15) is 19.4 Å². The number of anilines is 1. The summed E-state index contributed by atoms with van der Waals surface area (Å²) in [5, 5.41) is 4.23. The molecule has 0 fully saturated rings. The second kappa shape index (κ2) is 5.35. The molecule has 0 aliphatic carbocycles. The Bertz CT molecular complexity index is 435. The number of nitrogens with one attached hydrogen (secondary N) is 1. The zero-order valence-corrected chi connectivity index (χ0v) is 9.83. The number of rotatable bonds is 1. The maximum atomic E-state index is 4.48. The molecular formula is C13H18N2. The fourth-order valence-corrected chi connectivity index (χ4v) is 1.43. The summed E-state index contributed by atoms with van der Waals surface area (Å²) >= 11 is 0. The summed E-state index contributed by atoms with van der Waals surface area (Å²) < 4.78 is 0. The molecule has 2 rings (SSSR count). The minimum Gasteiger partial charge on any atom is -0.373 e. The summed E-state index contributed by atoms with van der Waals surface area (Å²) in [6.07, 6.45) is 0. The van der Waals surface area contributed by atoms with E-state index in [1.165, 1.54) is 10.9 Å². The van der Waals surface area contributed by atoms with Crippen molar-refractivity contribution >= 4 is 16.7 Å². The molecule has 0 aliphatic heterocycles. The van der Waals surface area contributed by atoms with E-state index < -0.39 is 0 Å². The van der Waals surface area contributed by atoms with Gasteiger partial charge < -0.3 is 5.32 Å². The molecule has 15 heavy (non-hydrogen) atoms. The van der Waals surface area contributed by atoms with Gasteiger partial charge in [-0.05, 0) is 24.6 Å². The molecule has 2 nitrogen and oxygen atoms in total. The first-order valence-electron chi connectivity index (χ1n) is 5.35. The first kappa shape index (κ1) is 11.5. The molecule has 1 N–H and O–H groups in total. The van der Waals surface area contributed by atoms with Crippen molar-refractivity contribution in [1.82, 2.24) is 4.98 Å². The van der Waals surface area contributed by atoms with Crippen molar-refractivity contribution in [3.8, 4) is 0 Å². The van der Waals surface area contributed by atoms with Gasteiger partial charge in [0.25, 0.3) is 0 Å². The van der Waals surface area contributed by atoms with Crippen LogP contribution in [0.5, 0.6) is 0 Å². The molecule has 0 spiro atoms. The van der Waals surface area contributed by atoms with Crippen LogP contribution >= 0.6 is 0 Å². The summed E-state index contributed by atoms with van der Waals surface area (Å²) in [5.74, 6) is 0.918. The van der Waals surface area contributed by atoms with Crippen LogP contribution in [0.4, 0.5) is 5.82 Å². The summed E-state index contributed by atoms with van der Waals surface area (Å²) in [5.41, 5.74) is 2.30. The van der Waals surface area contributed by atoms with Crippen LogP contribution in [0.2, 0.25) is 0 Å². The van der Waals surface area contributed by atoms with E-state index in [9.17, 15) is 0 Å². The third-order valence-corrected chi connectivity index (χ3v) is 2.18. The molecule has 0 atom stereocenters. The van der Waals surface area contributed by atoms with E-state index in [-0.39, 0.29) is 0 Å². The van der Waals surface area contributed by atoms with E-state index in [4.69, 9.17) is 0 Å². The fourth-order valence-electron chi connectivity index (χ4n) is 1.43. The number of pyridine rings is 1. The molecule has 0 radical (unpaired) electrons. The van der Waals surface area contributed by atoms with Gasteiger partial charge in [0.05, 0.1) is 5.52 Å². The van der Waals surface area contributed by atoms with Crippen molar-refractivity contribution in [2.75, 3.05) is 12.4 Å². The van der Waals surface area contributed by atoms with E-state index in [0.717, 1.165) is 11.3 Å². The van der Waals surface area contributed by atoms with Crippen LogP contribution in [-0.2, 0) is 0 Å². The Morgan fingerprint density at radius 2 is 1.80 bits per heavy atom. The molecule has 1 heterocycles.